The van der Waals surface area contributed by atoms with Gasteiger partial charge in [-0.3, -0.25) is 4.79 Å². The number of nitrogens with zero attached hydrogens (tertiary/aromatic N) is 1. The van der Waals surface area contributed by atoms with Gasteiger partial charge < -0.3 is 15.4 Å². The lowest BCUT2D eigenvalue weighted by atomic mass is 10.1. The lowest BCUT2D eigenvalue weighted by molar-refractivity contribution is -0.122. The monoisotopic (exact) mass is 249 g/mol. The Bertz CT molecular complexity index is 410. The van der Waals surface area contributed by atoms with Crippen LogP contribution < -0.4 is 15.4 Å². The average Bonchev–Trinajstić information content (AvgIpc) is 2.34. The summed E-state index contributed by atoms with van der Waals surface area (Å²) in [4.78, 5) is 15.4. The third-order valence-electron chi connectivity index (χ3n) is 2.74. The van der Waals surface area contributed by atoms with Gasteiger partial charge in [0, 0.05) is 25.2 Å². The molecule has 1 saturated heterocycles. The molecule has 1 amide bonds. The number of carbonyl (C=O) groups excluding carboxylic acids is 1. The smallest absolute Gasteiger partial charge is 0.220 e. The molecule has 1 aromatic rings. The number of pyridine rings is 1. The summed E-state index contributed by atoms with van der Waals surface area (Å²) >= 11 is 0. The Morgan fingerprint density at radius 3 is 3.06 bits per heavy atom. The molecular formula is C13H19N3O2. The van der Waals surface area contributed by atoms with E-state index in [4.69, 9.17) is 4.74 Å². The molecule has 1 unspecified atom stereocenters. The lowest BCUT2D eigenvalue weighted by Crippen LogP contribution is -2.42. The highest BCUT2D eigenvalue weighted by atomic mass is 16.5. The maximum Gasteiger partial charge on any atom is 0.220 e. The zero-order chi connectivity index (χ0) is 13.0. The summed E-state index contributed by atoms with van der Waals surface area (Å²) in [6.45, 7) is 4.60. The topological polar surface area (TPSA) is 63.2 Å². The Labute approximate surface area is 107 Å². The van der Waals surface area contributed by atoms with Crippen molar-refractivity contribution in [1.29, 1.82) is 0 Å². The fourth-order valence-corrected chi connectivity index (χ4v) is 1.90. The molecule has 1 atom stereocenters. The van der Waals surface area contributed by atoms with Gasteiger partial charge in [-0.2, -0.15) is 0 Å². The van der Waals surface area contributed by atoms with Crippen LogP contribution in [0, 0.1) is 0 Å². The highest BCUT2D eigenvalue weighted by Crippen LogP contribution is 2.23. The molecule has 98 valence electrons. The minimum atomic E-state index is 0.112. The Hall–Kier alpha value is -1.78. The quantitative estimate of drug-likeness (QED) is 0.850. The van der Waals surface area contributed by atoms with Crippen molar-refractivity contribution in [3.8, 4) is 5.75 Å². The molecular weight excluding hydrogens is 230 g/mol. The summed E-state index contributed by atoms with van der Waals surface area (Å²) in [6.07, 6.45) is 3.23. The maximum absolute atomic E-state index is 11.1. The number of nitrogens with one attached hydrogen (secondary N) is 2. The highest BCUT2D eigenvalue weighted by molar-refractivity contribution is 5.77. The van der Waals surface area contributed by atoms with E-state index in [1.165, 1.54) is 0 Å². The summed E-state index contributed by atoms with van der Waals surface area (Å²) in [6, 6.07) is 3.97. The van der Waals surface area contributed by atoms with Crippen LogP contribution in [0.15, 0.2) is 18.3 Å². The Kier molecular flexibility index (Phi) is 4.02. The van der Waals surface area contributed by atoms with Crippen LogP contribution in [0.25, 0.3) is 0 Å². The van der Waals surface area contributed by atoms with E-state index in [9.17, 15) is 4.79 Å². The Morgan fingerprint density at radius 1 is 1.56 bits per heavy atom. The molecule has 0 bridgehead atoms. The summed E-state index contributed by atoms with van der Waals surface area (Å²) in [5.41, 5.74) is 0. The van der Waals surface area contributed by atoms with Crippen LogP contribution in [0.4, 0.5) is 5.82 Å². The van der Waals surface area contributed by atoms with Crippen molar-refractivity contribution in [3.05, 3.63) is 18.3 Å². The van der Waals surface area contributed by atoms with Crippen molar-refractivity contribution in [2.24, 2.45) is 0 Å². The first-order valence-electron chi connectivity index (χ1n) is 6.30. The van der Waals surface area contributed by atoms with Crippen LogP contribution in [-0.2, 0) is 4.79 Å². The van der Waals surface area contributed by atoms with Crippen LogP contribution >= 0.6 is 0 Å². The second kappa shape index (κ2) is 5.71. The van der Waals surface area contributed by atoms with E-state index < -0.39 is 0 Å². The third kappa shape index (κ3) is 3.35. The van der Waals surface area contributed by atoms with Gasteiger partial charge >= 0.3 is 0 Å². The number of piperidine rings is 1. The van der Waals surface area contributed by atoms with Gasteiger partial charge in [-0.05, 0) is 32.4 Å². The van der Waals surface area contributed by atoms with Crippen molar-refractivity contribution in [3.63, 3.8) is 0 Å². The SMILES string of the molecule is CC(C)Oc1cccnc1NC1CCC(=O)NC1. The number of amides is 1. The van der Waals surface area contributed by atoms with Crippen molar-refractivity contribution in [2.75, 3.05) is 11.9 Å². The van der Waals surface area contributed by atoms with Crippen molar-refractivity contribution in [2.45, 2.75) is 38.8 Å². The number of hydrogen-bond acceptors (Lipinski definition) is 4. The van der Waals surface area contributed by atoms with Gasteiger partial charge in [0.25, 0.3) is 0 Å². The van der Waals surface area contributed by atoms with Crippen molar-refractivity contribution < 1.29 is 9.53 Å². The van der Waals surface area contributed by atoms with Gasteiger partial charge in [0.15, 0.2) is 11.6 Å². The average molecular weight is 249 g/mol. The lowest BCUT2D eigenvalue weighted by Gasteiger charge is -2.25. The molecule has 1 aromatic heterocycles. The van der Waals surface area contributed by atoms with E-state index in [0.29, 0.717) is 13.0 Å². The maximum atomic E-state index is 11.1. The Balaban J connectivity index is 2.02. The molecule has 0 aliphatic carbocycles. The van der Waals surface area contributed by atoms with E-state index in [1.54, 1.807) is 6.20 Å². The molecule has 2 N–H and O–H groups in total. The Morgan fingerprint density at radius 2 is 2.39 bits per heavy atom. The summed E-state index contributed by atoms with van der Waals surface area (Å²) < 4.78 is 5.70. The predicted molar refractivity (Wildman–Crippen MR) is 69.7 cm³/mol. The van der Waals surface area contributed by atoms with Crippen LogP contribution in [0.2, 0.25) is 0 Å². The molecule has 2 heterocycles. The van der Waals surface area contributed by atoms with Crippen LogP contribution in [-0.4, -0.2) is 29.6 Å². The van der Waals surface area contributed by atoms with E-state index >= 15 is 0 Å². The second-order valence-electron chi connectivity index (χ2n) is 4.70. The number of rotatable bonds is 4. The normalized spacial score (nSPS) is 19.5. The molecule has 5 heteroatoms. The third-order valence-corrected chi connectivity index (χ3v) is 2.74. The molecule has 1 aliphatic heterocycles. The van der Waals surface area contributed by atoms with E-state index in [0.717, 1.165) is 18.0 Å². The number of hydrogen-bond donors (Lipinski definition) is 2. The summed E-state index contributed by atoms with van der Waals surface area (Å²) in [5, 5.41) is 6.17. The molecule has 0 spiro atoms. The first kappa shape index (κ1) is 12.7. The molecule has 1 aliphatic rings. The molecule has 0 radical (unpaired) electrons. The molecule has 2 rings (SSSR count). The molecule has 0 saturated carbocycles. The number of carbonyl (C=O) groups is 1. The van der Waals surface area contributed by atoms with Gasteiger partial charge in [0.1, 0.15) is 0 Å². The van der Waals surface area contributed by atoms with Crippen LogP contribution in [0.5, 0.6) is 5.75 Å². The predicted octanol–water partition coefficient (Wildman–Crippen LogP) is 1.56. The zero-order valence-electron chi connectivity index (χ0n) is 10.8. The van der Waals surface area contributed by atoms with Crippen LogP contribution in [0.3, 0.4) is 0 Å². The van der Waals surface area contributed by atoms with E-state index in [-0.39, 0.29) is 18.1 Å². The fourth-order valence-electron chi connectivity index (χ4n) is 1.90. The van der Waals surface area contributed by atoms with Crippen LogP contribution in [0.1, 0.15) is 26.7 Å². The minimum absolute atomic E-state index is 0.112. The van der Waals surface area contributed by atoms with Gasteiger partial charge in [-0.15, -0.1) is 0 Å². The highest BCUT2D eigenvalue weighted by Gasteiger charge is 2.19. The van der Waals surface area contributed by atoms with Crippen molar-refractivity contribution >= 4 is 11.7 Å². The summed E-state index contributed by atoms with van der Waals surface area (Å²) in [7, 11) is 0. The summed E-state index contributed by atoms with van der Waals surface area (Å²) in [5.74, 6) is 1.62. The fraction of sp³-hybridized carbons (Fsp3) is 0.538. The largest absolute Gasteiger partial charge is 0.487 e. The van der Waals surface area contributed by atoms with Gasteiger partial charge in [-0.25, -0.2) is 4.98 Å². The molecule has 5 nitrogen and oxygen atoms in total. The van der Waals surface area contributed by atoms with Gasteiger partial charge in [0.05, 0.1) is 6.10 Å². The number of anilines is 1. The minimum Gasteiger partial charge on any atom is -0.487 e. The van der Waals surface area contributed by atoms with E-state index in [1.807, 2.05) is 26.0 Å². The zero-order valence-corrected chi connectivity index (χ0v) is 10.8. The van der Waals surface area contributed by atoms with Gasteiger partial charge in [0.2, 0.25) is 5.91 Å². The standard InChI is InChI=1S/C13H19N3O2/c1-9(2)18-11-4-3-7-14-13(11)16-10-5-6-12(17)15-8-10/h3-4,7,9-10H,5-6,8H2,1-2H3,(H,14,16)(H,15,17). The van der Waals surface area contributed by atoms with Crippen molar-refractivity contribution in [1.82, 2.24) is 10.3 Å². The molecule has 1 fully saturated rings. The molecule has 18 heavy (non-hydrogen) atoms. The first-order valence-corrected chi connectivity index (χ1v) is 6.30. The molecule has 0 aromatic carbocycles. The second-order valence-corrected chi connectivity index (χ2v) is 4.70. The number of aromatic nitrogens is 1. The first-order chi connectivity index (χ1) is 8.65. The van der Waals surface area contributed by atoms with Gasteiger partial charge in [-0.1, -0.05) is 0 Å². The number of ether oxygens (including phenoxy) is 1. The van der Waals surface area contributed by atoms with E-state index in [2.05, 4.69) is 15.6 Å².